The van der Waals surface area contributed by atoms with Crippen molar-refractivity contribution in [3.8, 4) is 11.4 Å². The van der Waals surface area contributed by atoms with Gasteiger partial charge in [0, 0.05) is 6.07 Å². The number of fused-ring (bicyclic) bond motifs is 1. The number of rotatable bonds is 1. The van der Waals surface area contributed by atoms with Crippen molar-refractivity contribution in [2.45, 2.75) is 6.92 Å². The van der Waals surface area contributed by atoms with Gasteiger partial charge in [0.05, 0.1) is 16.6 Å². The largest absolute Gasteiger partial charge is 0.508 e. The molecule has 0 aliphatic heterocycles. The van der Waals surface area contributed by atoms with E-state index in [1.54, 1.807) is 12.1 Å². The SMILES string of the molecule is Cc1ccccc1-n1c(=O)[nH]c2cc(O)ccc2c1=O. The molecule has 0 spiro atoms. The summed E-state index contributed by atoms with van der Waals surface area (Å²) in [5, 5.41) is 9.76. The minimum absolute atomic E-state index is 0.00110. The lowest BCUT2D eigenvalue weighted by atomic mass is 10.2. The van der Waals surface area contributed by atoms with Gasteiger partial charge in [-0.3, -0.25) is 4.79 Å². The van der Waals surface area contributed by atoms with Gasteiger partial charge in [0.15, 0.2) is 0 Å². The summed E-state index contributed by atoms with van der Waals surface area (Å²) < 4.78 is 1.11. The van der Waals surface area contributed by atoms with E-state index in [2.05, 4.69) is 4.98 Å². The van der Waals surface area contributed by atoms with Crippen LogP contribution in [0.15, 0.2) is 52.1 Å². The Kier molecular flexibility index (Phi) is 2.68. The summed E-state index contributed by atoms with van der Waals surface area (Å²) in [4.78, 5) is 27.2. The summed E-state index contributed by atoms with van der Waals surface area (Å²) in [5.74, 6) is 0.00110. The average molecular weight is 268 g/mol. The Balaban J connectivity index is 2.44. The van der Waals surface area contributed by atoms with Crippen LogP contribution in [0.4, 0.5) is 0 Å². The van der Waals surface area contributed by atoms with Crippen LogP contribution in [0.3, 0.4) is 0 Å². The maximum atomic E-state index is 12.5. The molecule has 0 aliphatic carbocycles. The van der Waals surface area contributed by atoms with Crippen molar-refractivity contribution >= 4 is 10.9 Å². The van der Waals surface area contributed by atoms with Gasteiger partial charge in [-0.25, -0.2) is 9.36 Å². The summed E-state index contributed by atoms with van der Waals surface area (Å²) in [5.41, 5.74) is 0.775. The van der Waals surface area contributed by atoms with Crippen LogP contribution in [-0.2, 0) is 0 Å². The number of aromatic amines is 1. The van der Waals surface area contributed by atoms with Gasteiger partial charge >= 0.3 is 5.69 Å². The highest BCUT2D eigenvalue weighted by Crippen LogP contribution is 2.15. The monoisotopic (exact) mass is 268 g/mol. The Labute approximate surface area is 113 Å². The summed E-state index contributed by atoms with van der Waals surface area (Å²) in [6, 6.07) is 11.5. The lowest BCUT2D eigenvalue weighted by molar-refractivity contribution is 0.476. The van der Waals surface area contributed by atoms with E-state index in [9.17, 15) is 14.7 Å². The number of phenolic OH excluding ortho intramolecular Hbond substituents is 1. The van der Waals surface area contributed by atoms with Crippen LogP contribution in [0, 0.1) is 6.92 Å². The van der Waals surface area contributed by atoms with Crippen molar-refractivity contribution in [1.82, 2.24) is 9.55 Å². The quantitative estimate of drug-likeness (QED) is 0.705. The smallest absolute Gasteiger partial charge is 0.333 e. The summed E-state index contributed by atoms with van der Waals surface area (Å²) in [6.07, 6.45) is 0. The molecule has 0 fully saturated rings. The number of nitrogens with zero attached hydrogens (tertiary/aromatic N) is 1. The van der Waals surface area contributed by atoms with E-state index in [0.29, 0.717) is 16.6 Å². The second kappa shape index (κ2) is 4.38. The molecule has 5 heteroatoms. The fourth-order valence-electron chi connectivity index (χ4n) is 2.24. The number of nitrogens with one attached hydrogen (secondary N) is 1. The molecule has 0 amide bonds. The van der Waals surface area contributed by atoms with Crippen LogP contribution < -0.4 is 11.2 Å². The number of aryl methyl sites for hydroxylation is 1. The molecule has 0 unspecified atom stereocenters. The number of phenols is 1. The number of hydrogen-bond acceptors (Lipinski definition) is 3. The predicted molar refractivity (Wildman–Crippen MR) is 76.6 cm³/mol. The molecule has 0 saturated heterocycles. The fraction of sp³-hybridized carbons (Fsp3) is 0.0667. The number of aromatic nitrogens is 2. The van der Waals surface area contributed by atoms with E-state index in [1.165, 1.54) is 18.2 Å². The Hall–Kier alpha value is -2.82. The summed E-state index contributed by atoms with van der Waals surface area (Å²) >= 11 is 0. The van der Waals surface area contributed by atoms with Crippen LogP contribution >= 0.6 is 0 Å². The highest BCUT2D eigenvalue weighted by atomic mass is 16.3. The predicted octanol–water partition coefficient (Wildman–Crippen LogP) is 1.69. The number of hydrogen-bond donors (Lipinski definition) is 2. The zero-order chi connectivity index (χ0) is 14.3. The molecule has 2 N–H and O–H groups in total. The third kappa shape index (κ3) is 1.80. The minimum atomic E-state index is -0.526. The molecular weight excluding hydrogens is 256 g/mol. The molecule has 0 radical (unpaired) electrons. The molecule has 0 bridgehead atoms. The zero-order valence-electron chi connectivity index (χ0n) is 10.8. The first kappa shape index (κ1) is 12.2. The second-order valence-electron chi connectivity index (χ2n) is 4.59. The molecule has 3 rings (SSSR count). The van der Waals surface area contributed by atoms with Gasteiger partial charge in [-0.1, -0.05) is 18.2 Å². The van der Waals surface area contributed by atoms with Crippen LogP contribution in [0.5, 0.6) is 5.75 Å². The Morgan fingerprint density at radius 3 is 2.60 bits per heavy atom. The minimum Gasteiger partial charge on any atom is -0.508 e. The third-order valence-corrected chi connectivity index (χ3v) is 3.24. The summed E-state index contributed by atoms with van der Waals surface area (Å²) in [7, 11) is 0. The Bertz CT molecular complexity index is 922. The van der Waals surface area contributed by atoms with Crippen molar-refractivity contribution in [2.75, 3.05) is 0 Å². The van der Waals surface area contributed by atoms with E-state index in [-0.39, 0.29) is 5.75 Å². The van der Waals surface area contributed by atoms with Crippen LogP contribution in [-0.4, -0.2) is 14.7 Å². The molecule has 1 aromatic heterocycles. The highest BCUT2D eigenvalue weighted by molar-refractivity contribution is 5.79. The molecule has 2 aromatic carbocycles. The Morgan fingerprint density at radius 1 is 1.10 bits per heavy atom. The molecule has 100 valence electrons. The first-order chi connectivity index (χ1) is 9.58. The van der Waals surface area contributed by atoms with Gasteiger partial charge in [0.2, 0.25) is 0 Å². The lowest BCUT2D eigenvalue weighted by Crippen LogP contribution is -2.34. The molecule has 1 heterocycles. The van der Waals surface area contributed by atoms with Gasteiger partial charge < -0.3 is 10.1 Å². The highest BCUT2D eigenvalue weighted by Gasteiger charge is 2.11. The zero-order valence-corrected chi connectivity index (χ0v) is 10.8. The summed E-state index contributed by atoms with van der Waals surface area (Å²) in [6.45, 7) is 1.84. The molecule has 0 saturated carbocycles. The van der Waals surface area contributed by atoms with Crippen molar-refractivity contribution < 1.29 is 5.11 Å². The topological polar surface area (TPSA) is 75.1 Å². The van der Waals surface area contributed by atoms with Gasteiger partial charge in [0.1, 0.15) is 5.75 Å². The van der Waals surface area contributed by atoms with Crippen molar-refractivity contribution in [3.63, 3.8) is 0 Å². The van der Waals surface area contributed by atoms with E-state index < -0.39 is 11.2 Å². The van der Waals surface area contributed by atoms with E-state index >= 15 is 0 Å². The molecular formula is C15H12N2O3. The van der Waals surface area contributed by atoms with Crippen LogP contribution in [0.2, 0.25) is 0 Å². The molecule has 0 aliphatic rings. The molecule has 0 atom stereocenters. The number of para-hydroxylation sites is 1. The first-order valence-corrected chi connectivity index (χ1v) is 6.12. The molecule has 5 nitrogen and oxygen atoms in total. The van der Waals surface area contributed by atoms with Gasteiger partial charge in [-0.2, -0.15) is 0 Å². The molecule has 20 heavy (non-hydrogen) atoms. The fourth-order valence-corrected chi connectivity index (χ4v) is 2.24. The van der Waals surface area contributed by atoms with Crippen LogP contribution in [0.1, 0.15) is 5.56 Å². The van der Waals surface area contributed by atoms with E-state index in [0.717, 1.165) is 10.1 Å². The number of aromatic hydroxyl groups is 1. The maximum absolute atomic E-state index is 12.5. The Morgan fingerprint density at radius 2 is 1.85 bits per heavy atom. The van der Waals surface area contributed by atoms with Gasteiger partial charge in [-0.05, 0) is 30.7 Å². The average Bonchev–Trinajstić information content (AvgIpc) is 2.40. The normalized spacial score (nSPS) is 10.8. The maximum Gasteiger partial charge on any atom is 0.333 e. The van der Waals surface area contributed by atoms with Gasteiger partial charge in [0.25, 0.3) is 5.56 Å². The second-order valence-corrected chi connectivity index (χ2v) is 4.59. The van der Waals surface area contributed by atoms with Crippen molar-refractivity contribution in [2.24, 2.45) is 0 Å². The van der Waals surface area contributed by atoms with Crippen molar-refractivity contribution in [3.05, 3.63) is 68.9 Å². The van der Waals surface area contributed by atoms with E-state index in [4.69, 9.17) is 0 Å². The third-order valence-electron chi connectivity index (χ3n) is 3.24. The van der Waals surface area contributed by atoms with E-state index in [1.807, 2.05) is 19.1 Å². The standard InChI is InChI=1S/C15H12N2O3/c1-9-4-2-3-5-13(9)17-14(19)11-7-6-10(18)8-12(11)16-15(17)20/h2-8,18H,1H3,(H,16,20). The van der Waals surface area contributed by atoms with Gasteiger partial charge in [-0.15, -0.1) is 0 Å². The first-order valence-electron chi connectivity index (χ1n) is 6.12. The molecule has 3 aromatic rings. The number of benzene rings is 2. The van der Waals surface area contributed by atoms with Crippen LogP contribution in [0.25, 0.3) is 16.6 Å². The lowest BCUT2D eigenvalue weighted by Gasteiger charge is -2.09. The number of H-pyrrole nitrogens is 1. The van der Waals surface area contributed by atoms with Crippen molar-refractivity contribution in [1.29, 1.82) is 0 Å².